The van der Waals surface area contributed by atoms with E-state index < -0.39 is 0 Å². The van der Waals surface area contributed by atoms with Gasteiger partial charge in [-0.2, -0.15) is 0 Å². The van der Waals surface area contributed by atoms with Gasteiger partial charge < -0.3 is 9.64 Å². The number of hydrogen-bond donors (Lipinski definition) is 0. The largest absolute Gasteiger partial charge is 0.491 e. The fourth-order valence-corrected chi connectivity index (χ4v) is 2.18. The molecule has 0 unspecified atom stereocenters. The van der Waals surface area contributed by atoms with E-state index in [1.165, 1.54) is 0 Å². The van der Waals surface area contributed by atoms with Crippen molar-refractivity contribution in [3.63, 3.8) is 0 Å². The van der Waals surface area contributed by atoms with Gasteiger partial charge >= 0.3 is 0 Å². The van der Waals surface area contributed by atoms with E-state index >= 15 is 0 Å². The maximum absolute atomic E-state index is 12.1. The Morgan fingerprint density at radius 2 is 2.16 bits per heavy atom. The smallest absolute Gasteiger partial charge is 0.230 e. The zero-order chi connectivity index (χ0) is 13.7. The van der Waals surface area contributed by atoms with Crippen LogP contribution >= 0.6 is 0 Å². The predicted molar refractivity (Wildman–Crippen MR) is 73.4 cm³/mol. The van der Waals surface area contributed by atoms with Gasteiger partial charge in [-0.05, 0) is 18.6 Å². The molecule has 1 amide bonds. The van der Waals surface area contributed by atoms with Crippen molar-refractivity contribution in [2.24, 2.45) is 0 Å². The zero-order valence-electron chi connectivity index (χ0n) is 11.2. The summed E-state index contributed by atoms with van der Waals surface area (Å²) in [4.78, 5) is 25.1. The van der Waals surface area contributed by atoms with Gasteiger partial charge in [0.1, 0.15) is 11.5 Å². The van der Waals surface area contributed by atoms with E-state index in [1.54, 1.807) is 4.90 Å². The van der Waals surface area contributed by atoms with Crippen LogP contribution in [0, 0.1) is 0 Å². The third kappa shape index (κ3) is 3.34. The third-order valence-corrected chi connectivity index (χ3v) is 3.26. The molecule has 0 saturated carbocycles. The number of benzene rings is 1. The minimum absolute atomic E-state index is 0.0638. The Labute approximate surface area is 113 Å². The van der Waals surface area contributed by atoms with Gasteiger partial charge in [-0.25, -0.2) is 0 Å². The molecule has 19 heavy (non-hydrogen) atoms. The summed E-state index contributed by atoms with van der Waals surface area (Å²) in [5.74, 6) is 1.05. The van der Waals surface area contributed by atoms with Gasteiger partial charge in [0, 0.05) is 19.4 Å². The van der Waals surface area contributed by atoms with Crippen molar-refractivity contribution in [3.05, 3.63) is 24.3 Å². The van der Waals surface area contributed by atoms with Gasteiger partial charge in [0.2, 0.25) is 5.91 Å². The number of carbonyl (C=O) groups is 2. The highest BCUT2D eigenvalue weighted by molar-refractivity contribution is 5.95. The summed E-state index contributed by atoms with van der Waals surface area (Å²) in [5.41, 5.74) is 0.814. The van der Waals surface area contributed by atoms with Gasteiger partial charge in [-0.15, -0.1) is 0 Å². The normalized spacial score (nSPS) is 14.6. The SMILES string of the molecule is CCC(=O)CCCN1C(=O)CCOc2ccccc21. The Hall–Kier alpha value is -1.84. The molecule has 4 nitrogen and oxygen atoms in total. The van der Waals surface area contributed by atoms with Crippen LogP contribution in [0.4, 0.5) is 5.69 Å². The number of Topliss-reactive ketones (excluding diaryl/α,β-unsaturated/α-hetero) is 1. The minimum Gasteiger partial charge on any atom is -0.491 e. The van der Waals surface area contributed by atoms with Crippen LogP contribution in [-0.4, -0.2) is 24.8 Å². The number of ketones is 1. The Morgan fingerprint density at radius 3 is 2.95 bits per heavy atom. The first-order valence-corrected chi connectivity index (χ1v) is 6.76. The van der Waals surface area contributed by atoms with E-state index in [2.05, 4.69) is 0 Å². The lowest BCUT2D eigenvalue weighted by atomic mass is 10.1. The van der Waals surface area contributed by atoms with E-state index in [0.717, 1.165) is 11.4 Å². The second kappa shape index (κ2) is 6.36. The summed E-state index contributed by atoms with van der Waals surface area (Å²) >= 11 is 0. The summed E-state index contributed by atoms with van der Waals surface area (Å²) in [7, 11) is 0. The van der Waals surface area contributed by atoms with Gasteiger partial charge in [-0.3, -0.25) is 9.59 Å². The number of anilines is 1. The van der Waals surface area contributed by atoms with Gasteiger partial charge in [-0.1, -0.05) is 19.1 Å². The van der Waals surface area contributed by atoms with Crippen LogP contribution < -0.4 is 9.64 Å². The number of hydrogen-bond acceptors (Lipinski definition) is 3. The standard InChI is InChI=1S/C15H19NO3/c1-2-12(17)6-5-10-16-13-7-3-4-8-14(13)19-11-9-15(16)18/h3-4,7-8H,2,5-6,9-11H2,1H3. The van der Waals surface area contributed by atoms with Crippen molar-refractivity contribution in [2.75, 3.05) is 18.1 Å². The number of para-hydroxylation sites is 2. The first-order valence-electron chi connectivity index (χ1n) is 6.76. The lowest BCUT2D eigenvalue weighted by Crippen LogP contribution is -2.31. The van der Waals surface area contributed by atoms with Crippen molar-refractivity contribution in [1.82, 2.24) is 0 Å². The molecule has 4 heteroatoms. The van der Waals surface area contributed by atoms with Crippen LogP contribution in [0.3, 0.4) is 0 Å². The molecule has 1 heterocycles. The molecule has 1 aromatic rings. The fraction of sp³-hybridized carbons (Fsp3) is 0.467. The van der Waals surface area contributed by atoms with Crippen molar-refractivity contribution in [2.45, 2.75) is 32.6 Å². The molecule has 1 aliphatic rings. The monoisotopic (exact) mass is 261 g/mol. The van der Waals surface area contributed by atoms with Crippen molar-refractivity contribution < 1.29 is 14.3 Å². The van der Waals surface area contributed by atoms with Gasteiger partial charge in [0.15, 0.2) is 0 Å². The Balaban J connectivity index is 2.08. The molecular formula is C15H19NO3. The van der Waals surface area contributed by atoms with Crippen LogP contribution in [0.2, 0.25) is 0 Å². The van der Waals surface area contributed by atoms with Crippen molar-refractivity contribution in [3.8, 4) is 5.75 Å². The number of fused-ring (bicyclic) bond motifs is 1. The molecule has 0 atom stereocenters. The molecule has 0 radical (unpaired) electrons. The van der Waals surface area contributed by atoms with E-state index in [1.807, 2.05) is 31.2 Å². The highest BCUT2D eigenvalue weighted by atomic mass is 16.5. The predicted octanol–water partition coefficient (Wildman–Crippen LogP) is 2.56. The van der Waals surface area contributed by atoms with Crippen LogP contribution in [0.25, 0.3) is 0 Å². The maximum Gasteiger partial charge on any atom is 0.230 e. The lowest BCUT2D eigenvalue weighted by Gasteiger charge is -2.21. The molecule has 0 N–H and O–H groups in total. The van der Waals surface area contributed by atoms with E-state index in [9.17, 15) is 9.59 Å². The molecule has 0 aromatic heterocycles. The van der Waals surface area contributed by atoms with Crippen LogP contribution in [-0.2, 0) is 9.59 Å². The number of amides is 1. The first-order chi connectivity index (χ1) is 9.22. The Kier molecular flexibility index (Phi) is 4.55. The Bertz CT molecular complexity index is 470. The van der Waals surface area contributed by atoms with Gasteiger partial charge in [0.25, 0.3) is 0 Å². The average Bonchev–Trinajstić information content (AvgIpc) is 2.58. The van der Waals surface area contributed by atoms with Crippen molar-refractivity contribution >= 4 is 17.4 Å². The Morgan fingerprint density at radius 1 is 1.37 bits per heavy atom. The molecule has 0 bridgehead atoms. The lowest BCUT2D eigenvalue weighted by molar-refractivity contribution is -0.120. The van der Waals surface area contributed by atoms with Crippen LogP contribution in [0.5, 0.6) is 5.75 Å². The summed E-state index contributed by atoms with van der Waals surface area (Å²) < 4.78 is 5.57. The second-order valence-corrected chi connectivity index (χ2v) is 4.61. The van der Waals surface area contributed by atoms with Crippen LogP contribution in [0.15, 0.2) is 24.3 Å². The third-order valence-electron chi connectivity index (χ3n) is 3.26. The van der Waals surface area contributed by atoms with Gasteiger partial charge in [0.05, 0.1) is 18.7 Å². The van der Waals surface area contributed by atoms with E-state index in [0.29, 0.717) is 38.8 Å². The molecule has 102 valence electrons. The highest BCUT2D eigenvalue weighted by Gasteiger charge is 2.22. The average molecular weight is 261 g/mol. The molecule has 1 aromatic carbocycles. The van der Waals surface area contributed by atoms with E-state index in [-0.39, 0.29) is 11.7 Å². The fourth-order valence-electron chi connectivity index (χ4n) is 2.18. The summed E-state index contributed by atoms with van der Waals surface area (Å²) in [6, 6.07) is 7.55. The number of carbonyl (C=O) groups excluding carboxylic acids is 2. The molecule has 0 saturated heterocycles. The first kappa shape index (κ1) is 13.6. The van der Waals surface area contributed by atoms with E-state index in [4.69, 9.17) is 4.74 Å². The van der Waals surface area contributed by atoms with Crippen LogP contribution in [0.1, 0.15) is 32.6 Å². The van der Waals surface area contributed by atoms with Crippen molar-refractivity contribution in [1.29, 1.82) is 0 Å². The maximum atomic E-state index is 12.1. The highest BCUT2D eigenvalue weighted by Crippen LogP contribution is 2.31. The molecule has 2 rings (SSSR count). The number of ether oxygens (including phenoxy) is 1. The zero-order valence-corrected chi connectivity index (χ0v) is 11.2. The summed E-state index contributed by atoms with van der Waals surface area (Å²) in [6.45, 7) is 2.85. The molecule has 0 aliphatic carbocycles. The summed E-state index contributed by atoms with van der Waals surface area (Å²) in [6.07, 6.45) is 2.18. The number of nitrogens with zero attached hydrogens (tertiary/aromatic N) is 1. The topological polar surface area (TPSA) is 46.6 Å². The molecule has 0 spiro atoms. The molecule has 0 fully saturated rings. The molecular weight excluding hydrogens is 242 g/mol. The quantitative estimate of drug-likeness (QED) is 0.818. The second-order valence-electron chi connectivity index (χ2n) is 4.61. The molecule has 1 aliphatic heterocycles. The minimum atomic E-state index is 0.0638. The number of rotatable bonds is 5. The summed E-state index contributed by atoms with van der Waals surface area (Å²) in [5, 5.41) is 0.